The molecule has 4 nitrogen and oxygen atoms in total. The highest BCUT2D eigenvalue weighted by atomic mass is 16.5. The Morgan fingerprint density at radius 1 is 1.25 bits per heavy atom. The third-order valence-corrected chi connectivity index (χ3v) is 3.67. The normalized spacial score (nSPS) is 16.3. The number of hydrogen-bond donors (Lipinski definition) is 1. The van der Waals surface area contributed by atoms with Gasteiger partial charge in [0, 0.05) is 24.8 Å². The number of hydrogen-bond acceptors (Lipinski definition) is 4. The summed E-state index contributed by atoms with van der Waals surface area (Å²) in [6.45, 7) is 10.2. The van der Waals surface area contributed by atoms with Crippen LogP contribution in [-0.4, -0.2) is 42.7 Å². The molecular formula is C16H27N3O. The van der Waals surface area contributed by atoms with Crippen LogP contribution in [0.25, 0.3) is 0 Å². The standard InChI is InChI=1S/C16H27N3O/c1-3-17-13-15-11-14(2)18-16(12-15)20-10-9-19-7-5-4-6-8-19/h11-12,17H,3-10,13H2,1-2H3. The fourth-order valence-corrected chi connectivity index (χ4v) is 2.61. The molecule has 0 amide bonds. The lowest BCUT2D eigenvalue weighted by Gasteiger charge is -2.26. The van der Waals surface area contributed by atoms with E-state index >= 15 is 0 Å². The quantitative estimate of drug-likeness (QED) is 0.830. The van der Waals surface area contributed by atoms with E-state index in [4.69, 9.17) is 4.74 Å². The Labute approximate surface area is 122 Å². The minimum atomic E-state index is 0.733. The first-order valence-electron chi connectivity index (χ1n) is 7.81. The average molecular weight is 277 g/mol. The fraction of sp³-hybridized carbons (Fsp3) is 0.688. The van der Waals surface area contributed by atoms with Gasteiger partial charge in [0.25, 0.3) is 0 Å². The number of aryl methyl sites for hydroxylation is 1. The molecule has 1 fully saturated rings. The van der Waals surface area contributed by atoms with Gasteiger partial charge in [-0.25, -0.2) is 4.98 Å². The van der Waals surface area contributed by atoms with Crippen molar-refractivity contribution in [1.82, 2.24) is 15.2 Å². The molecule has 112 valence electrons. The van der Waals surface area contributed by atoms with Gasteiger partial charge in [0.1, 0.15) is 6.61 Å². The van der Waals surface area contributed by atoms with E-state index < -0.39 is 0 Å². The van der Waals surface area contributed by atoms with Crippen LogP contribution in [-0.2, 0) is 6.54 Å². The number of ether oxygens (including phenoxy) is 1. The van der Waals surface area contributed by atoms with Gasteiger partial charge >= 0.3 is 0 Å². The molecule has 20 heavy (non-hydrogen) atoms. The molecule has 2 heterocycles. The second-order valence-corrected chi connectivity index (χ2v) is 5.49. The molecule has 1 saturated heterocycles. The molecule has 4 heteroatoms. The summed E-state index contributed by atoms with van der Waals surface area (Å²) in [7, 11) is 0. The number of pyridine rings is 1. The zero-order chi connectivity index (χ0) is 14.2. The Balaban J connectivity index is 1.80. The molecular weight excluding hydrogens is 250 g/mol. The Kier molecular flexibility index (Phi) is 6.27. The SMILES string of the molecule is CCNCc1cc(C)nc(OCCN2CCCCC2)c1. The molecule has 0 unspecified atom stereocenters. The van der Waals surface area contributed by atoms with Crippen molar-refractivity contribution in [3.8, 4) is 5.88 Å². The summed E-state index contributed by atoms with van der Waals surface area (Å²) in [5, 5.41) is 3.34. The Hall–Kier alpha value is -1.13. The Morgan fingerprint density at radius 3 is 2.80 bits per heavy atom. The number of nitrogens with zero attached hydrogens (tertiary/aromatic N) is 2. The lowest BCUT2D eigenvalue weighted by atomic mass is 10.1. The summed E-state index contributed by atoms with van der Waals surface area (Å²) in [5.41, 5.74) is 2.26. The molecule has 0 radical (unpaired) electrons. The van der Waals surface area contributed by atoms with E-state index in [-0.39, 0.29) is 0 Å². The monoisotopic (exact) mass is 277 g/mol. The van der Waals surface area contributed by atoms with E-state index in [0.717, 1.165) is 37.8 Å². The van der Waals surface area contributed by atoms with Crippen LogP contribution in [0, 0.1) is 6.92 Å². The second kappa shape index (κ2) is 8.22. The van der Waals surface area contributed by atoms with Crippen LogP contribution in [0.2, 0.25) is 0 Å². The van der Waals surface area contributed by atoms with E-state index in [0.29, 0.717) is 0 Å². The molecule has 2 rings (SSSR count). The summed E-state index contributed by atoms with van der Waals surface area (Å²) in [6, 6.07) is 4.16. The summed E-state index contributed by atoms with van der Waals surface area (Å²) in [5.74, 6) is 0.759. The van der Waals surface area contributed by atoms with Gasteiger partial charge in [-0.05, 0) is 51.0 Å². The van der Waals surface area contributed by atoms with Gasteiger partial charge in [0.15, 0.2) is 0 Å². The molecule has 0 atom stereocenters. The molecule has 1 aliphatic heterocycles. The molecule has 1 aromatic rings. The van der Waals surface area contributed by atoms with Crippen molar-refractivity contribution in [2.24, 2.45) is 0 Å². The van der Waals surface area contributed by atoms with Gasteiger partial charge < -0.3 is 10.1 Å². The van der Waals surface area contributed by atoms with Crippen LogP contribution in [0.3, 0.4) is 0 Å². The Morgan fingerprint density at radius 2 is 2.05 bits per heavy atom. The minimum absolute atomic E-state index is 0.733. The number of likely N-dealkylation sites (tertiary alicyclic amines) is 1. The number of piperidine rings is 1. The van der Waals surface area contributed by atoms with Crippen LogP contribution in [0.15, 0.2) is 12.1 Å². The van der Waals surface area contributed by atoms with E-state index in [9.17, 15) is 0 Å². The largest absolute Gasteiger partial charge is 0.476 e. The molecule has 0 aliphatic carbocycles. The lowest BCUT2D eigenvalue weighted by Crippen LogP contribution is -2.33. The van der Waals surface area contributed by atoms with Crippen molar-refractivity contribution >= 4 is 0 Å². The minimum Gasteiger partial charge on any atom is -0.476 e. The molecule has 1 N–H and O–H groups in total. The Bertz CT molecular complexity index is 403. The van der Waals surface area contributed by atoms with Gasteiger partial charge in [-0.1, -0.05) is 13.3 Å². The number of aromatic nitrogens is 1. The van der Waals surface area contributed by atoms with Gasteiger partial charge in [-0.15, -0.1) is 0 Å². The maximum absolute atomic E-state index is 5.83. The summed E-state index contributed by atoms with van der Waals surface area (Å²) in [4.78, 5) is 6.94. The summed E-state index contributed by atoms with van der Waals surface area (Å²) < 4.78 is 5.83. The maximum atomic E-state index is 5.83. The molecule has 1 aliphatic rings. The van der Waals surface area contributed by atoms with Crippen LogP contribution < -0.4 is 10.1 Å². The van der Waals surface area contributed by atoms with Gasteiger partial charge in [-0.2, -0.15) is 0 Å². The lowest BCUT2D eigenvalue weighted by molar-refractivity contribution is 0.180. The third kappa shape index (κ3) is 5.10. The maximum Gasteiger partial charge on any atom is 0.213 e. The predicted octanol–water partition coefficient (Wildman–Crippen LogP) is 2.36. The average Bonchev–Trinajstić information content (AvgIpc) is 2.46. The van der Waals surface area contributed by atoms with Crippen molar-refractivity contribution in [2.75, 3.05) is 32.8 Å². The van der Waals surface area contributed by atoms with E-state index in [1.807, 2.05) is 13.0 Å². The van der Waals surface area contributed by atoms with Crippen LogP contribution in [0.4, 0.5) is 0 Å². The van der Waals surface area contributed by atoms with E-state index in [2.05, 4.69) is 28.2 Å². The predicted molar refractivity (Wildman–Crippen MR) is 82.1 cm³/mol. The third-order valence-electron chi connectivity index (χ3n) is 3.67. The van der Waals surface area contributed by atoms with Gasteiger partial charge in [-0.3, -0.25) is 4.90 Å². The molecule has 0 saturated carbocycles. The van der Waals surface area contributed by atoms with Crippen LogP contribution in [0.1, 0.15) is 37.4 Å². The highest BCUT2D eigenvalue weighted by Gasteiger charge is 2.09. The van der Waals surface area contributed by atoms with Crippen molar-refractivity contribution in [1.29, 1.82) is 0 Å². The molecule has 0 aromatic carbocycles. The molecule has 0 spiro atoms. The first-order valence-corrected chi connectivity index (χ1v) is 7.81. The molecule has 0 bridgehead atoms. The second-order valence-electron chi connectivity index (χ2n) is 5.49. The first-order chi connectivity index (χ1) is 9.78. The zero-order valence-corrected chi connectivity index (χ0v) is 12.8. The smallest absolute Gasteiger partial charge is 0.213 e. The van der Waals surface area contributed by atoms with Crippen molar-refractivity contribution in [3.63, 3.8) is 0 Å². The highest BCUT2D eigenvalue weighted by Crippen LogP contribution is 2.13. The van der Waals surface area contributed by atoms with Crippen molar-refractivity contribution in [3.05, 3.63) is 23.4 Å². The first kappa shape index (κ1) is 15.3. The van der Waals surface area contributed by atoms with Crippen molar-refractivity contribution in [2.45, 2.75) is 39.7 Å². The van der Waals surface area contributed by atoms with Crippen LogP contribution in [0.5, 0.6) is 5.88 Å². The highest BCUT2D eigenvalue weighted by molar-refractivity contribution is 5.24. The fourth-order valence-electron chi connectivity index (χ4n) is 2.61. The summed E-state index contributed by atoms with van der Waals surface area (Å²) >= 11 is 0. The number of nitrogens with one attached hydrogen (secondary N) is 1. The van der Waals surface area contributed by atoms with Crippen LogP contribution >= 0.6 is 0 Å². The number of rotatable bonds is 7. The van der Waals surface area contributed by atoms with Gasteiger partial charge in [0.2, 0.25) is 5.88 Å². The zero-order valence-electron chi connectivity index (χ0n) is 12.8. The summed E-state index contributed by atoms with van der Waals surface area (Å²) in [6.07, 6.45) is 4.04. The van der Waals surface area contributed by atoms with Crippen molar-refractivity contribution < 1.29 is 4.74 Å². The molecule has 1 aromatic heterocycles. The van der Waals surface area contributed by atoms with E-state index in [1.165, 1.54) is 37.9 Å². The van der Waals surface area contributed by atoms with Gasteiger partial charge in [0.05, 0.1) is 0 Å². The topological polar surface area (TPSA) is 37.4 Å². The van der Waals surface area contributed by atoms with E-state index in [1.54, 1.807) is 0 Å².